The van der Waals surface area contributed by atoms with Gasteiger partial charge in [-0.1, -0.05) is 0 Å². The maximum atomic E-state index is 11.4. The number of nitrogens with zero attached hydrogens (tertiary/aromatic N) is 3. The Morgan fingerprint density at radius 2 is 1.90 bits per heavy atom. The first-order valence-corrected chi connectivity index (χ1v) is 7.63. The highest BCUT2D eigenvalue weighted by Crippen LogP contribution is 2.39. The van der Waals surface area contributed by atoms with E-state index in [0.29, 0.717) is 28.0 Å². The lowest BCUT2D eigenvalue weighted by molar-refractivity contribution is -0.384. The zero-order valence-corrected chi connectivity index (χ0v) is 14.3. The lowest BCUT2D eigenvalue weighted by Gasteiger charge is -2.43. The fraction of sp³-hybridized carbons (Fsp3) is 0.571. The first-order chi connectivity index (χ1) is 9.85. The van der Waals surface area contributed by atoms with Gasteiger partial charge in [0.25, 0.3) is 5.69 Å². The van der Waals surface area contributed by atoms with Gasteiger partial charge in [0.15, 0.2) is 0 Å². The van der Waals surface area contributed by atoms with Crippen molar-refractivity contribution in [1.29, 1.82) is 0 Å². The Balaban J connectivity index is 2.44. The topological polar surface area (TPSA) is 58.8 Å². The van der Waals surface area contributed by atoms with Crippen LogP contribution < -0.4 is 9.64 Å². The normalized spacial score (nSPS) is 23.2. The molecule has 0 aliphatic carbocycles. The highest BCUT2D eigenvalue weighted by Gasteiger charge is 2.31. The Bertz CT molecular complexity index is 541. The van der Waals surface area contributed by atoms with E-state index in [0.717, 1.165) is 13.1 Å². The van der Waals surface area contributed by atoms with Crippen molar-refractivity contribution in [1.82, 2.24) is 4.90 Å². The van der Waals surface area contributed by atoms with E-state index in [4.69, 9.17) is 4.74 Å². The van der Waals surface area contributed by atoms with E-state index in [1.54, 1.807) is 13.2 Å². The fourth-order valence-corrected chi connectivity index (χ4v) is 3.18. The van der Waals surface area contributed by atoms with Crippen LogP contribution in [0.25, 0.3) is 0 Å². The minimum Gasteiger partial charge on any atom is -0.495 e. The van der Waals surface area contributed by atoms with E-state index in [1.165, 1.54) is 6.07 Å². The molecular formula is C14H20BrN3O3. The average molecular weight is 358 g/mol. The van der Waals surface area contributed by atoms with Gasteiger partial charge in [-0.25, -0.2) is 0 Å². The van der Waals surface area contributed by atoms with Crippen molar-refractivity contribution in [3.05, 3.63) is 26.7 Å². The number of halogens is 1. The van der Waals surface area contributed by atoms with Crippen molar-refractivity contribution in [2.75, 3.05) is 32.1 Å². The van der Waals surface area contributed by atoms with Crippen molar-refractivity contribution < 1.29 is 9.66 Å². The Labute approximate surface area is 132 Å². The molecule has 0 bridgehead atoms. The summed E-state index contributed by atoms with van der Waals surface area (Å²) in [5.74, 6) is 0.606. The predicted octanol–water partition coefficient (Wildman–Crippen LogP) is 2.89. The second-order valence-electron chi connectivity index (χ2n) is 5.50. The molecule has 1 heterocycles. The molecule has 21 heavy (non-hydrogen) atoms. The van der Waals surface area contributed by atoms with Crippen LogP contribution in [0.1, 0.15) is 13.8 Å². The van der Waals surface area contributed by atoms with E-state index in [1.807, 2.05) is 0 Å². The number of piperazine rings is 1. The van der Waals surface area contributed by atoms with E-state index >= 15 is 0 Å². The molecule has 1 aliphatic heterocycles. The first-order valence-electron chi connectivity index (χ1n) is 6.84. The summed E-state index contributed by atoms with van der Waals surface area (Å²) >= 11 is 3.31. The van der Waals surface area contributed by atoms with E-state index in [-0.39, 0.29) is 10.6 Å². The minimum atomic E-state index is -0.340. The maximum absolute atomic E-state index is 11.4. The zero-order chi connectivity index (χ0) is 15.7. The number of ether oxygens (including phenoxy) is 1. The molecule has 0 unspecified atom stereocenters. The van der Waals surface area contributed by atoms with Crippen LogP contribution in [0.5, 0.6) is 5.75 Å². The van der Waals surface area contributed by atoms with Crippen molar-refractivity contribution in [3.8, 4) is 5.75 Å². The van der Waals surface area contributed by atoms with E-state index in [2.05, 4.69) is 46.6 Å². The third kappa shape index (κ3) is 3.13. The van der Waals surface area contributed by atoms with Gasteiger partial charge in [0.2, 0.25) is 0 Å². The number of anilines is 1. The maximum Gasteiger partial charge on any atom is 0.293 e. The van der Waals surface area contributed by atoms with Crippen LogP contribution in [-0.2, 0) is 0 Å². The summed E-state index contributed by atoms with van der Waals surface area (Å²) in [5, 5.41) is 11.4. The Morgan fingerprint density at radius 3 is 2.38 bits per heavy atom. The first kappa shape index (κ1) is 16.0. The third-order valence-corrected chi connectivity index (χ3v) is 4.77. The molecule has 1 saturated heterocycles. The van der Waals surface area contributed by atoms with Gasteiger partial charge in [0.1, 0.15) is 11.4 Å². The summed E-state index contributed by atoms with van der Waals surface area (Å²) in [6.07, 6.45) is 0. The van der Waals surface area contributed by atoms with Gasteiger partial charge in [-0.3, -0.25) is 15.0 Å². The molecule has 6 nitrogen and oxygen atoms in total. The lowest BCUT2D eigenvalue weighted by Crippen LogP contribution is -2.55. The summed E-state index contributed by atoms with van der Waals surface area (Å²) in [6.45, 7) is 5.77. The molecule has 0 amide bonds. The zero-order valence-electron chi connectivity index (χ0n) is 12.7. The lowest BCUT2D eigenvalue weighted by atomic mass is 10.1. The molecule has 0 aromatic heterocycles. The number of nitro benzene ring substituents is 1. The molecule has 0 spiro atoms. The van der Waals surface area contributed by atoms with Crippen molar-refractivity contribution in [3.63, 3.8) is 0 Å². The fourth-order valence-electron chi connectivity index (χ4n) is 2.69. The van der Waals surface area contributed by atoms with Crippen molar-refractivity contribution in [2.45, 2.75) is 25.9 Å². The van der Waals surface area contributed by atoms with Crippen LogP contribution in [0.3, 0.4) is 0 Å². The van der Waals surface area contributed by atoms with Crippen LogP contribution in [0.4, 0.5) is 11.4 Å². The predicted molar refractivity (Wildman–Crippen MR) is 86.2 cm³/mol. The van der Waals surface area contributed by atoms with Crippen LogP contribution >= 0.6 is 15.9 Å². The monoisotopic (exact) mass is 357 g/mol. The van der Waals surface area contributed by atoms with Gasteiger partial charge in [0, 0.05) is 37.3 Å². The molecule has 2 rings (SSSR count). The molecule has 0 saturated carbocycles. The largest absolute Gasteiger partial charge is 0.495 e. The van der Waals surface area contributed by atoms with Gasteiger partial charge in [-0.15, -0.1) is 0 Å². The molecule has 1 aliphatic rings. The van der Waals surface area contributed by atoms with Crippen LogP contribution in [0, 0.1) is 10.1 Å². The van der Waals surface area contributed by atoms with Crippen LogP contribution in [-0.4, -0.2) is 49.2 Å². The van der Waals surface area contributed by atoms with Crippen LogP contribution in [0.2, 0.25) is 0 Å². The molecule has 0 radical (unpaired) electrons. The highest BCUT2D eigenvalue weighted by molar-refractivity contribution is 9.10. The highest BCUT2D eigenvalue weighted by atomic mass is 79.9. The second kappa shape index (κ2) is 6.19. The van der Waals surface area contributed by atoms with E-state index in [9.17, 15) is 10.1 Å². The van der Waals surface area contributed by atoms with Crippen LogP contribution in [0.15, 0.2) is 16.6 Å². The summed E-state index contributed by atoms with van der Waals surface area (Å²) in [4.78, 5) is 15.4. The standard InChI is InChI=1S/C14H20BrN3O3/c1-9-7-17(8-10(2)16(9)3)12-6-14(21-4)11(15)5-13(12)18(19)20/h5-6,9-10H,7-8H2,1-4H3/t9-,10+. The summed E-state index contributed by atoms with van der Waals surface area (Å²) in [5.41, 5.74) is 0.721. The number of likely N-dealkylation sites (N-methyl/N-ethyl adjacent to an activating group) is 1. The minimum absolute atomic E-state index is 0.103. The summed E-state index contributed by atoms with van der Waals surface area (Å²) < 4.78 is 5.87. The quantitative estimate of drug-likeness (QED) is 0.614. The molecule has 7 heteroatoms. The Hall–Kier alpha value is -1.34. The van der Waals surface area contributed by atoms with Gasteiger partial charge in [0.05, 0.1) is 16.5 Å². The smallest absolute Gasteiger partial charge is 0.293 e. The van der Waals surface area contributed by atoms with Gasteiger partial charge >= 0.3 is 0 Å². The third-order valence-electron chi connectivity index (χ3n) is 4.15. The molecular weight excluding hydrogens is 338 g/mol. The number of hydrogen-bond donors (Lipinski definition) is 0. The molecule has 116 valence electrons. The van der Waals surface area contributed by atoms with Gasteiger partial charge in [-0.05, 0) is 36.8 Å². The Kier molecular flexibility index (Phi) is 4.73. The molecule has 0 N–H and O–H groups in total. The second-order valence-corrected chi connectivity index (χ2v) is 6.36. The molecule has 1 aromatic rings. The number of nitro groups is 1. The van der Waals surface area contributed by atoms with Crippen molar-refractivity contribution in [2.24, 2.45) is 0 Å². The SMILES string of the molecule is COc1cc(N2C[C@@H](C)N(C)[C@@H](C)C2)c([N+](=O)[O-])cc1Br. The number of benzene rings is 1. The number of rotatable bonds is 3. The van der Waals surface area contributed by atoms with E-state index < -0.39 is 0 Å². The molecule has 1 aromatic carbocycles. The molecule has 2 atom stereocenters. The summed E-state index contributed by atoms with van der Waals surface area (Å²) in [7, 11) is 3.65. The Morgan fingerprint density at radius 1 is 1.33 bits per heavy atom. The number of methoxy groups -OCH3 is 1. The average Bonchev–Trinajstić information content (AvgIpc) is 2.43. The molecule has 1 fully saturated rings. The van der Waals surface area contributed by atoms with Crippen molar-refractivity contribution >= 4 is 27.3 Å². The van der Waals surface area contributed by atoms with Gasteiger partial charge in [-0.2, -0.15) is 0 Å². The number of hydrogen-bond acceptors (Lipinski definition) is 5. The summed E-state index contributed by atoms with van der Waals surface area (Å²) in [6, 6.07) is 3.93. The van der Waals surface area contributed by atoms with Gasteiger partial charge < -0.3 is 9.64 Å².